The van der Waals surface area contributed by atoms with Gasteiger partial charge in [0.1, 0.15) is 0 Å². The van der Waals surface area contributed by atoms with Crippen LogP contribution in [-0.4, -0.2) is 41.9 Å². The Bertz CT molecular complexity index is 532. The van der Waals surface area contributed by atoms with Gasteiger partial charge in [0, 0.05) is 49.9 Å². The second-order valence-electron chi connectivity index (χ2n) is 5.71. The third-order valence-corrected chi connectivity index (χ3v) is 4.47. The van der Waals surface area contributed by atoms with Crippen molar-refractivity contribution in [1.82, 2.24) is 4.90 Å². The van der Waals surface area contributed by atoms with Crippen molar-refractivity contribution in [3.05, 3.63) is 34.4 Å². The van der Waals surface area contributed by atoms with Gasteiger partial charge in [-0.3, -0.25) is 14.9 Å². The lowest BCUT2D eigenvalue weighted by Crippen LogP contribution is -2.51. The molecule has 0 unspecified atom stereocenters. The Labute approximate surface area is 123 Å². The summed E-state index contributed by atoms with van der Waals surface area (Å²) in [5.74, 6) is 0.570. The number of carbonyl (C=O) groups excluding carboxylic acids is 1. The van der Waals surface area contributed by atoms with Crippen molar-refractivity contribution in [2.45, 2.75) is 19.3 Å². The number of non-ortho nitro benzene ring substituents is 1. The molecule has 0 spiro atoms. The van der Waals surface area contributed by atoms with Crippen LogP contribution in [0.5, 0.6) is 0 Å². The summed E-state index contributed by atoms with van der Waals surface area (Å²) in [6, 6.07) is 6.62. The van der Waals surface area contributed by atoms with E-state index in [2.05, 4.69) is 4.90 Å². The van der Waals surface area contributed by atoms with Gasteiger partial charge in [0.15, 0.2) is 0 Å². The molecule has 0 aromatic heterocycles. The van der Waals surface area contributed by atoms with Crippen LogP contribution in [0.4, 0.5) is 11.4 Å². The Morgan fingerprint density at radius 3 is 2.19 bits per heavy atom. The summed E-state index contributed by atoms with van der Waals surface area (Å²) in [5.41, 5.74) is 1.09. The maximum absolute atomic E-state index is 12.2. The van der Waals surface area contributed by atoms with Crippen LogP contribution in [-0.2, 0) is 4.79 Å². The Morgan fingerprint density at radius 1 is 1.10 bits per heavy atom. The number of piperazine rings is 1. The van der Waals surface area contributed by atoms with Crippen LogP contribution >= 0.6 is 0 Å². The first kappa shape index (κ1) is 13.9. The summed E-state index contributed by atoms with van der Waals surface area (Å²) in [6.45, 7) is 3.06. The van der Waals surface area contributed by atoms with E-state index in [9.17, 15) is 14.9 Å². The molecule has 2 aliphatic rings. The molecule has 0 atom stereocenters. The SMILES string of the molecule is O=C(C1CCC1)N1CCN(c2ccc([N+](=O)[O-])cc2)CC1. The predicted octanol–water partition coefficient (Wildman–Crippen LogP) is 2.04. The van der Waals surface area contributed by atoms with E-state index in [1.54, 1.807) is 12.1 Å². The van der Waals surface area contributed by atoms with Gasteiger partial charge in [-0.1, -0.05) is 6.42 Å². The van der Waals surface area contributed by atoms with Gasteiger partial charge in [-0.15, -0.1) is 0 Å². The number of nitro groups is 1. The monoisotopic (exact) mass is 289 g/mol. The maximum Gasteiger partial charge on any atom is 0.269 e. The fourth-order valence-corrected chi connectivity index (χ4v) is 2.88. The van der Waals surface area contributed by atoms with Crippen molar-refractivity contribution in [2.75, 3.05) is 31.1 Å². The van der Waals surface area contributed by atoms with Crippen molar-refractivity contribution >= 4 is 17.3 Å². The van der Waals surface area contributed by atoms with Gasteiger partial charge in [-0.2, -0.15) is 0 Å². The van der Waals surface area contributed by atoms with Crippen molar-refractivity contribution < 1.29 is 9.72 Å². The van der Waals surface area contributed by atoms with Gasteiger partial charge < -0.3 is 9.80 Å². The van der Waals surface area contributed by atoms with E-state index in [0.717, 1.165) is 44.7 Å². The van der Waals surface area contributed by atoms with E-state index in [-0.39, 0.29) is 16.5 Å². The number of hydrogen-bond acceptors (Lipinski definition) is 4. The van der Waals surface area contributed by atoms with Crippen LogP contribution in [0.25, 0.3) is 0 Å². The lowest BCUT2D eigenvalue weighted by atomic mass is 9.84. The average Bonchev–Trinajstić information content (AvgIpc) is 2.46. The predicted molar refractivity (Wildman–Crippen MR) is 79.2 cm³/mol. The minimum Gasteiger partial charge on any atom is -0.368 e. The number of rotatable bonds is 3. The van der Waals surface area contributed by atoms with Crippen molar-refractivity contribution in [2.24, 2.45) is 5.92 Å². The van der Waals surface area contributed by atoms with Gasteiger partial charge in [-0.05, 0) is 25.0 Å². The van der Waals surface area contributed by atoms with Gasteiger partial charge in [0.25, 0.3) is 5.69 Å². The highest BCUT2D eigenvalue weighted by atomic mass is 16.6. The fraction of sp³-hybridized carbons (Fsp3) is 0.533. The highest BCUT2D eigenvalue weighted by molar-refractivity contribution is 5.79. The zero-order valence-electron chi connectivity index (χ0n) is 11.9. The number of nitro benzene ring substituents is 1. The molecule has 1 saturated heterocycles. The molecule has 1 heterocycles. The lowest BCUT2D eigenvalue weighted by molar-refractivity contribution is -0.384. The summed E-state index contributed by atoms with van der Waals surface area (Å²) >= 11 is 0. The van der Waals surface area contributed by atoms with E-state index in [1.165, 1.54) is 18.6 Å². The molecule has 2 fully saturated rings. The number of hydrogen-bond donors (Lipinski definition) is 0. The first-order valence-corrected chi connectivity index (χ1v) is 7.43. The second-order valence-corrected chi connectivity index (χ2v) is 5.71. The molecule has 6 nitrogen and oxygen atoms in total. The molecule has 112 valence electrons. The van der Waals surface area contributed by atoms with Gasteiger partial charge >= 0.3 is 0 Å². The highest BCUT2D eigenvalue weighted by Gasteiger charge is 2.31. The van der Waals surface area contributed by atoms with Crippen LogP contribution in [0.1, 0.15) is 19.3 Å². The number of carbonyl (C=O) groups is 1. The van der Waals surface area contributed by atoms with E-state index < -0.39 is 0 Å². The van der Waals surface area contributed by atoms with Crippen LogP contribution in [0.2, 0.25) is 0 Å². The molecule has 1 aliphatic carbocycles. The third kappa shape index (κ3) is 2.84. The first-order chi connectivity index (χ1) is 10.1. The highest BCUT2D eigenvalue weighted by Crippen LogP contribution is 2.29. The topological polar surface area (TPSA) is 66.7 Å². The van der Waals surface area contributed by atoms with Crippen LogP contribution in [0, 0.1) is 16.0 Å². The molecule has 3 rings (SSSR count). The second kappa shape index (κ2) is 5.71. The molecule has 0 radical (unpaired) electrons. The molecule has 1 amide bonds. The quantitative estimate of drug-likeness (QED) is 0.631. The smallest absolute Gasteiger partial charge is 0.269 e. The number of amides is 1. The summed E-state index contributed by atoms with van der Waals surface area (Å²) in [6.07, 6.45) is 3.27. The molecule has 0 bridgehead atoms. The van der Waals surface area contributed by atoms with E-state index in [4.69, 9.17) is 0 Å². The van der Waals surface area contributed by atoms with Gasteiger partial charge in [0.2, 0.25) is 5.91 Å². The minimum atomic E-state index is -0.390. The molecule has 1 aliphatic heterocycles. The molecule has 1 aromatic carbocycles. The van der Waals surface area contributed by atoms with Gasteiger partial charge in [-0.25, -0.2) is 0 Å². The first-order valence-electron chi connectivity index (χ1n) is 7.43. The minimum absolute atomic E-state index is 0.109. The zero-order valence-corrected chi connectivity index (χ0v) is 11.9. The summed E-state index contributed by atoms with van der Waals surface area (Å²) < 4.78 is 0. The molecule has 1 saturated carbocycles. The number of anilines is 1. The van der Waals surface area contributed by atoms with Crippen molar-refractivity contribution in [1.29, 1.82) is 0 Å². The lowest BCUT2D eigenvalue weighted by Gasteiger charge is -2.39. The standard InChI is InChI=1S/C15H19N3O3/c19-15(12-2-1-3-12)17-10-8-16(9-11-17)13-4-6-14(7-5-13)18(20)21/h4-7,12H,1-3,8-11H2. The summed E-state index contributed by atoms with van der Waals surface area (Å²) in [7, 11) is 0. The van der Waals surface area contributed by atoms with Crippen LogP contribution in [0.3, 0.4) is 0 Å². The van der Waals surface area contributed by atoms with Crippen LogP contribution in [0.15, 0.2) is 24.3 Å². The Kier molecular flexibility index (Phi) is 3.77. The molecule has 6 heteroatoms. The molecular formula is C15H19N3O3. The van der Waals surface area contributed by atoms with E-state index in [0.29, 0.717) is 5.91 Å². The largest absolute Gasteiger partial charge is 0.368 e. The molecule has 0 N–H and O–H groups in total. The number of benzene rings is 1. The molecule has 1 aromatic rings. The van der Waals surface area contributed by atoms with Crippen LogP contribution < -0.4 is 4.90 Å². The fourth-order valence-electron chi connectivity index (χ4n) is 2.88. The maximum atomic E-state index is 12.2. The van der Waals surface area contributed by atoms with E-state index >= 15 is 0 Å². The Balaban J connectivity index is 1.57. The third-order valence-electron chi connectivity index (χ3n) is 4.47. The van der Waals surface area contributed by atoms with Gasteiger partial charge in [0.05, 0.1) is 4.92 Å². The van der Waals surface area contributed by atoms with Crippen molar-refractivity contribution in [3.8, 4) is 0 Å². The molecule has 21 heavy (non-hydrogen) atoms. The zero-order chi connectivity index (χ0) is 14.8. The number of nitrogens with zero attached hydrogens (tertiary/aromatic N) is 3. The molecular weight excluding hydrogens is 270 g/mol. The normalized spacial score (nSPS) is 19.2. The van der Waals surface area contributed by atoms with Crippen molar-refractivity contribution in [3.63, 3.8) is 0 Å². The summed E-state index contributed by atoms with van der Waals surface area (Å²) in [4.78, 5) is 26.6. The van der Waals surface area contributed by atoms with E-state index in [1.807, 2.05) is 4.90 Å². The summed E-state index contributed by atoms with van der Waals surface area (Å²) in [5, 5.41) is 10.7. The Morgan fingerprint density at radius 2 is 1.71 bits per heavy atom. The average molecular weight is 289 g/mol. The Hall–Kier alpha value is -2.11.